The summed E-state index contributed by atoms with van der Waals surface area (Å²) in [6.07, 6.45) is 3.27. The van der Waals surface area contributed by atoms with Crippen LogP contribution in [0.3, 0.4) is 0 Å². The fraction of sp³-hybridized carbons (Fsp3) is 0.150. The third-order valence-corrected chi connectivity index (χ3v) is 6.56. The maximum absolute atomic E-state index is 13.1. The smallest absolute Gasteiger partial charge is 0.263 e. The SMILES string of the molecule is CC(NC(=O)Cn1cnc2scc(-c3cccs3)c2c1=O)c1nnc2ccccn12. The van der Waals surface area contributed by atoms with Crippen LogP contribution in [-0.2, 0) is 11.3 Å². The summed E-state index contributed by atoms with van der Waals surface area (Å²) >= 11 is 3.00. The van der Waals surface area contributed by atoms with Crippen molar-refractivity contribution in [3.63, 3.8) is 0 Å². The molecule has 30 heavy (non-hydrogen) atoms. The first-order valence-electron chi connectivity index (χ1n) is 9.21. The van der Waals surface area contributed by atoms with Gasteiger partial charge >= 0.3 is 0 Å². The summed E-state index contributed by atoms with van der Waals surface area (Å²) in [5, 5.41) is 15.6. The Morgan fingerprint density at radius 1 is 1.20 bits per heavy atom. The van der Waals surface area contributed by atoms with Crippen molar-refractivity contribution >= 4 is 44.4 Å². The molecule has 1 amide bonds. The van der Waals surface area contributed by atoms with E-state index in [4.69, 9.17) is 0 Å². The Morgan fingerprint density at radius 3 is 2.93 bits per heavy atom. The highest BCUT2D eigenvalue weighted by atomic mass is 32.1. The number of pyridine rings is 1. The quantitative estimate of drug-likeness (QED) is 0.457. The van der Waals surface area contributed by atoms with E-state index in [0.717, 1.165) is 10.4 Å². The number of fused-ring (bicyclic) bond motifs is 2. The summed E-state index contributed by atoms with van der Waals surface area (Å²) in [4.78, 5) is 31.8. The Hall–Kier alpha value is -3.37. The molecule has 0 aliphatic carbocycles. The molecule has 10 heteroatoms. The fourth-order valence-electron chi connectivity index (χ4n) is 3.35. The molecule has 8 nitrogen and oxygen atoms in total. The number of carbonyl (C=O) groups is 1. The molecule has 0 saturated carbocycles. The molecule has 1 N–H and O–H groups in total. The number of thiophene rings is 2. The summed E-state index contributed by atoms with van der Waals surface area (Å²) in [5.41, 5.74) is 1.35. The molecule has 5 heterocycles. The average Bonchev–Trinajstić information content (AvgIpc) is 3.49. The van der Waals surface area contributed by atoms with Crippen LogP contribution in [0, 0.1) is 0 Å². The first kappa shape index (κ1) is 18.6. The minimum Gasteiger partial charge on any atom is -0.345 e. The van der Waals surface area contributed by atoms with E-state index in [1.807, 2.05) is 58.6 Å². The molecule has 0 aliphatic heterocycles. The van der Waals surface area contributed by atoms with E-state index >= 15 is 0 Å². The van der Waals surface area contributed by atoms with Gasteiger partial charge in [-0.15, -0.1) is 32.9 Å². The molecule has 5 rings (SSSR count). The minimum absolute atomic E-state index is 0.122. The van der Waals surface area contributed by atoms with Crippen LogP contribution in [0.25, 0.3) is 26.3 Å². The zero-order valence-electron chi connectivity index (χ0n) is 15.8. The zero-order chi connectivity index (χ0) is 20.7. The Balaban J connectivity index is 1.40. The maximum atomic E-state index is 13.1. The Bertz CT molecular complexity index is 1420. The lowest BCUT2D eigenvalue weighted by molar-refractivity contribution is -0.122. The van der Waals surface area contributed by atoms with Gasteiger partial charge in [0.25, 0.3) is 5.56 Å². The minimum atomic E-state index is -0.370. The lowest BCUT2D eigenvalue weighted by atomic mass is 10.2. The van der Waals surface area contributed by atoms with Crippen molar-refractivity contribution in [3.8, 4) is 10.4 Å². The molecule has 0 fully saturated rings. The number of nitrogens with zero attached hydrogens (tertiary/aromatic N) is 5. The van der Waals surface area contributed by atoms with Gasteiger partial charge in [-0.05, 0) is 30.5 Å². The number of hydrogen-bond donors (Lipinski definition) is 1. The highest BCUT2D eigenvalue weighted by Crippen LogP contribution is 2.33. The molecule has 5 aromatic heterocycles. The van der Waals surface area contributed by atoms with Crippen LogP contribution >= 0.6 is 22.7 Å². The van der Waals surface area contributed by atoms with Gasteiger partial charge in [0.05, 0.1) is 17.8 Å². The van der Waals surface area contributed by atoms with E-state index in [-0.39, 0.29) is 24.1 Å². The van der Waals surface area contributed by atoms with Crippen molar-refractivity contribution in [3.05, 3.63) is 69.8 Å². The Morgan fingerprint density at radius 2 is 2.10 bits per heavy atom. The van der Waals surface area contributed by atoms with Crippen LogP contribution in [0.5, 0.6) is 0 Å². The molecule has 0 bridgehead atoms. The summed E-state index contributed by atoms with van der Waals surface area (Å²) in [6, 6.07) is 9.15. The standard InChI is InChI=1S/C20H16N6O2S2/c1-12(18-24-23-15-6-2-3-7-26(15)18)22-16(27)9-25-11-21-19-17(20(25)28)13(10-30-19)14-5-4-8-29-14/h2-8,10-12H,9H2,1H3,(H,22,27). The number of amides is 1. The van der Waals surface area contributed by atoms with Gasteiger partial charge in [-0.2, -0.15) is 0 Å². The summed E-state index contributed by atoms with van der Waals surface area (Å²) in [6.45, 7) is 1.71. The van der Waals surface area contributed by atoms with Crippen LogP contribution in [0.2, 0.25) is 0 Å². The van der Waals surface area contributed by atoms with Crippen LogP contribution in [0.15, 0.2) is 58.4 Å². The monoisotopic (exact) mass is 436 g/mol. The molecule has 0 spiro atoms. The molecular formula is C20H16N6O2S2. The second-order valence-corrected chi connectivity index (χ2v) is 8.57. The average molecular weight is 437 g/mol. The molecule has 0 aromatic carbocycles. The normalized spacial score (nSPS) is 12.4. The van der Waals surface area contributed by atoms with E-state index in [1.165, 1.54) is 22.2 Å². The van der Waals surface area contributed by atoms with E-state index in [0.29, 0.717) is 21.7 Å². The van der Waals surface area contributed by atoms with Crippen molar-refractivity contribution in [2.24, 2.45) is 0 Å². The van der Waals surface area contributed by atoms with Crippen molar-refractivity contribution in [1.82, 2.24) is 29.5 Å². The van der Waals surface area contributed by atoms with Gasteiger partial charge in [-0.1, -0.05) is 12.1 Å². The van der Waals surface area contributed by atoms with Gasteiger partial charge in [-0.25, -0.2) is 4.98 Å². The molecule has 0 radical (unpaired) electrons. The van der Waals surface area contributed by atoms with Gasteiger partial charge in [0.2, 0.25) is 5.91 Å². The number of carbonyl (C=O) groups excluding carboxylic acids is 1. The Kier molecular flexibility index (Phi) is 4.64. The molecule has 5 aromatic rings. The van der Waals surface area contributed by atoms with Crippen LogP contribution < -0.4 is 10.9 Å². The van der Waals surface area contributed by atoms with Gasteiger partial charge in [0.15, 0.2) is 11.5 Å². The molecule has 150 valence electrons. The van der Waals surface area contributed by atoms with Crippen molar-refractivity contribution < 1.29 is 4.79 Å². The predicted molar refractivity (Wildman–Crippen MR) is 117 cm³/mol. The highest BCUT2D eigenvalue weighted by Gasteiger charge is 2.18. The molecule has 0 saturated heterocycles. The maximum Gasteiger partial charge on any atom is 0.263 e. The fourth-order valence-corrected chi connectivity index (χ4v) is 5.08. The van der Waals surface area contributed by atoms with Crippen LogP contribution in [0.1, 0.15) is 18.8 Å². The summed E-state index contributed by atoms with van der Waals surface area (Å²) < 4.78 is 3.17. The van der Waals surface area contributed by atoms with Crippen LogP contribution in [-0.4, -0.2) is 30.1 Å². The van der Waals surface area contributed by atoms with Gasteiger partial charge in [0.1, 0.15) is 11.4 Å². The third-order valence-electron chi connectivity index (χ3n) is 4.77. The van der Waals surface area contributed by atoms with E-state index in [9.17, 15) is 9.59 Å². The lowest BCUT2D eigenvalue weighted by Gasteiger charge is -2.13. The molecule has 1 unspecified atom stereocenters. The second-order valence-electron chi connectivity index (χ2n) is 6.76. The van der Waals surface area contributed by atoms with Crippen LogP contribution in [0.4, 0.5) is 0 Å². The molecular weight excluding hydrogens is 420 g/mol. The zero-order valence-corrected chi connectivity index (χ0v) is 17.5. The van der Waals surface area contributed by atoms with Gasteiger partial charge in [0, 0.05) is 22.0 Å². The second kappa shape index (κ2) is 7.47. The third kappa shape index (κ3) is 3.19. The summed E-state index contributed by atoms with van der Waals surface area (Å²) in [5.74, 6) is 0.323. The van der Waals surface area contributed by atoms with E-state index < -0.39 is 0 Å². The molecule has 1 atom stereocenters. The number of rotatable bonds is 5. The lowest BCUT2D eigenvalue weighted by Crippen LogP contribution is -2.34. The van der Waals surface area contributed by atoms with E-state index in [2.05, 4.69) is 20.5 Å². The Labute approximate surface area is 178 Å². The van der Waals surface area contributed by atoms with Gasteiger partial charge < -0.3 is 5.32 Å². The van der Waals surface area contributed by atoms with E-state index in [1.54, 1.807) is 11.3 Å². The topological polar surface area (TPSA) is 94.2 Å². The van der Waals surface area contributed by atoms with Crippen molar-refractivity contribution in [2.45, 2.75) is 19.5 Å². The number of aromatic nitrogens is 5. The molecule has 0 aliphatic rings. The number of hydrogen-bond acceptors (Lipinski definition) is 7. The van der Waals surface area contributed by atoms with Crippen molar-refractivity contribution in [1.29, 1.82) is 0 Å². The largest absolute Gasteiger partial charge is 0.345 e. The van der Waals surface area contributed by atoms with Crippen molar-refractivity contribution in [2.75, 3.05) is 0 Å². The summed E-state index contributed by atoms with van der Waals surface area (Å²) in [7, 11) is 0. The first-order valence-corrected chi connectivity index (χ1v) is 11.0. The first-order chi connectivity index (χ1) is 14.6. The number of nitrogens with one attached hydrogen (secondary N) is 1. The van der Waals surface area contributed by atoms with Gasteiger partial charge in [-0.3, -0.25) is 18.6 Å². The predicted octanol–water partition coefficient (Wildman–Crippen LogP) is 3.11. The highest BCUT2D eigenvalue weighted by molar-refractivity contribution is 7.18.